The fraction of sp³-hybridized carbons (Fsp3) is 0.139. The Hall–Kier alpha value is -6.83. The van der Waals surface area contributed by atoms with Gasteiger partial charge in [-0.3, -0.25) is 14.4 Å². The number of amides is 2. The highest BCUT2D eigenvalue weighted by molar-refractivity contribution is 5.95. The monoisotopic (exact) mass is 684 g/mol. The molecule has 0 bridgehead atoms. The molecular weight excluding hydrogens is 652 g/mol. The molecule has 258 valence electrons. The first-order valence-electron chi connectivity index (χ1n) is 15.1. The van der Waals surface area contributed by atoms with Gasteiger partial charge < -0.3 is 55.5 Å². The molecule has 0 aliphatic rings. The summed E-state index contributed by atoms with van der Waals surface area (Å²) in [5, 5.41) is 74.0. The van der Waals surface area contributed by atoms with Crippen LogP contribution in [-0.2, 0) is 16.0 Å². The average molecular weight is 685 g/mol. The van der Waals surface area contributed by atoms with Gasteiger partial charge in [0, 0.05) is 36.7 Å². The molecule has 0 saturated heterocycles. The van der Waals surface area contributed by atoms with Gasteiger partial charge in [-0.1, -0.05) is 18.2 Å². The molecule has 0 radical (unpaired) electrons. The molecule has 5 aromatic rings. The summed E-state index contributed by atoms with van der Waals surface area (Å²) < 4.78 is 11.6. The normalized spacial score (nSPS) is 11.8. The second-order valence-electron chi connectivity index (χ2n) is 11.1. The lowest BCUT2D eigenvalue weighted by molar-refractivity contribution is -0.127. The second-order valence-corrected chi connectivity index (χ2v) is 11.1. The zero-order valence-electron chi connectivity index (χ0n) is 26.2. The zero-order chi connectivity index (χ0) is 35.9. The van der Waals surface area contributed by atoms with Crippen molar-refractivity contribution in [3.63, 3.8) is 0 Å². The number of rotatable bonds is 12. The third-order valence-electron chi connectivity index (χ3n) is 7.46. The van der Waals surface area contributed by atoms with Crippen LogP contribution < -0.4 is 20.8 Å². The zero-order valence-corrected chi connectivity index (χ0v) is 26.2. The Bertz CT molecular complexity index is 2140. The van der Waals surface area contributed by atoms with E-state index in [9.17, 15) is 50.1 Å². The molecule has 9 N–H and O–H groups in total. The molecule has 0 aliphatic heterocycles. The van der Waals surface area contributed by atoms with Gasteiger partial charge in [-0.25, -0.2) is 0 Å². The summed E-state index contributed by atoms with van der Waals surface area (Å²) in [6, 6.07) is 14.8. The number of phenols is 7. The lowest BCUT2D eigenvalue weighted by Crippen LogP contribution is -2.48. The highest BCUT2D eigenvalue weighted by Crippen LogP contribution is 2.38. The van der Waals surface area contributed by atoms with Crippen LogP contribution in [0.4, 0.5) is 0 Å². The summed E-state index contributed by atoms with van der Waals surface area (Å²) in [6.07, 6.45) is 2.79. The molecule has 5 rings (SSSR count). The maximum absolute atomic E-state index is 13.4. The van der Waals surface area contributed by atoms with Gasteiger partial charge in [-0.05, 0) is 66.1 Å². The van der Waals surface area contributed by atoms with E-state index in [1.807, 2.05) is 0 Å². The van der Waals surface area contributed by atoms with E-state index in [1.54, 1.807) is 12.1 Å². The quantitative estimate of drug-likeness (QED) is 0.0519. The lowest BCUT2D eigenvalue weighted by atomic mass is 10.0. The maximum atomic E-state index is 13.4. The molecule has 14 nitrogen and oxygen atoms in total. The predicted octanol–water partition coefficient (Wildman–Crippen LogP) is 3.73. The number of aromatic hydroxyl groups is 7. The standard InChI is InChI=1S/C36H32N2O12/c39-22-7-2-19(3-8-22)14-24(38-31(46)11-5-20-4-9-25(41)27(43)15-20)36(48)37-12-1-13-49-35-33(47)32-29(45)17-23(40)18-30(32)50-34(35)21-6-10-26(42)28(44)16-21/h2-11,15-18,24,39-45H,1,12-14H2,(H,37,48)(H,38,46)/b11-5+/t24-/m0/s1. The van der Waals surface area contributed by atoms with Crippen molar-refractivity contribution >= 4 is 28.9 Å². The third-order valence-corrected chi connectivity index (χ3v) is 7.46. The summed E-state index contributed by atoms with van der Waals surface area (Å²) >= 11 is 0. The molecule has 0 saturated carbocycles. The highest BCUT2D eigenvalue weighted by Gasteiger charge is 2.23. The third kappa shape index (κ3) is 8.17. The van der Waals surface area contributed by atoms with E-state index in [2.05, 4.69) is 10.6 Å². The van der Waals surface area contributed by atoms with Crippen molar-refractivity contribution in [2.24, 2.45) is 0 Å². The molecule has 2 amide bonds. The fourth-order valence-corrected chi connectivity index (χ4v) is 4.95. The van der Waals surface area contributed by atoms with Crippen LogP contribution in [-0.4, -0.2) is 66.8 Å². The molecule has 50 heavy (non-hydrogen) atoms. The SMILES string of the molecule is O=C(/C=C/c1ccc(O)c(O)c1)N[C@@H](Cc1ccc(O)cc1)C(=O)NCCCOc1c(-c2ccc(O)c(O)c2)oc2cc(O)cc(O)c2c1=O. The lowest BCUT2D eigenvalue weighted by Gasteiger charge is -2.18. The van der Waals surface area contributed by atoms with E-state index in [4.69, 9.17) is 9.15 Å². The minimum Gasteiger partial charge on any atom is -0.508 e. The van der Waals surface area contributed by atoms with E-state index in [0.717, 1.165) is 24.3 Å². The molecule has 14 heteroatoms. The van der Waals surface area contributed by atoms with Gasteiger partial charge in [0.2, 0.25) is 23.0 Å². The van der Waals surface area contributed by atoms with Crippen LogP contribution in [0.3, 0.4) is 0 Å². The van der Waals surface area contributed by atoms with Gasteiger partial charge >= 0.3 is 0 Å². The number of phenolic OH excluding ortho intramolecular Hbond substituents is 7. The van der Waals surface area contributed by atoms with Crippen LogP contribution in [0.1, 0.15) is 17.5 Å². The van der Waals surface area contributed by atoms with Crippen molar-refractivity contribution in [2.75, 3.05) is 13.2 Å². The van der Waals surface area contributed by atoms with Crippen molar-refractivity contribution in [2.45, 2.75) is 18.9 Å². The van der Waals surface area contributed by atoms with Crippen molar-refractivity contribution < 1.29 is 54.5 Å². The van der Waals surface area contributed by atoms with Crippen LogP contribution in [0, 0.1) is 0 Å². The Kier molecular flexibility index (Phi) is 10.3. The smallest absolute Gasteiger partial charge is 0.244 e. The van der Waals surface area contributed by atoms with E-state index in [0.29, 0.717) is 11.1 Å². The summed E-state index contributed by atoms with van der Waals surface area (Å²) in [7, 11) is 0. The molecule has 1 atom stereocenters. The summed E-state index contributed by atoms with van der Waals surface area (Å²) in [5.41, 5.74) is 0.283. The Morgan fingerprint density at radius 3 is 2.18 bits per heavy atom. The minimum atomic E-state index is -1.05. The van der Waals surface area contributed by atoms with Crippen molar-refractivity contribution in [1.29, 1.82) is 0 Å². The van der Waals surface area contributed by atoms with Crippen molar-refractivity contribution in [3.05, 3.63) is 100 Å². The molecular formula is C36H32N2O12. The average Bonchev–Trinajstić information content (AvgIpc) is 3.07. The van der Waals surface area contributed by atoms with Gasteiger partial charge in [0.15, 0.2) is 28.8 Å². The number of fused-ring (bicyclic) bond motifs is 1. The van der Waals surface area contributed by atoms with E-state index in [1.165, 1.54) is 48.5 Å². The number of benzene rings is 4. The van der Waals surface area contributed by atoms with Crippen molar-refractivity contribution in [1.82, 2.24) is 10.6 Å². The summed E-state index contributed by atoms with van der Waals surface area (Å²) in [6.45, 7) is -0.0968. The number of carbonyl (C=O) groups is 2. The van der Waals surface area contributed by atoms with Crippen LogP contribution >= 0.6 is 0 Å². The highest BCUT2D eigenvalue weighted by atomic mass is 16.5. The van der Waals surface area contributed by atoms with Crippen molar-refractivity contribution in [3.8, 4) is 57.3 Å². The predicted molar refractivity (Wildman–Crippen MR) is 180 cm³/mol. The Balaban J connectivity index is 1.28. The first-order valence-corrected chi connectivity index (χ1v) is 15.1. The first kappa shape index (κ1) is 34.5. The van der Waals surface area contributed by atoms with Gasteiger partial charge in [0.05, 0.1) is 6.61 Å². The van der Waals surface area contributed by atoms with Gasteiger partial charge in [0.25, 0.3) is 0 Å². The number of hydrogen-bond acceptors (Lipinski definition) is 12. The van der Waals surface area contributed by atoms with E-state index < -0.39 is 40.5 Å². The first-order chi connectivity index (χ1) is 23.9. The maximum Gasteiger partial charge on any atom is 0.244 e. The van der Waals surface area contributed by atoms with E-state index in [-0.39, 0.29) is 77.0 Å². The molecule has 0 aliphatic carbocycles. The van der Waals surface area contributed by atoms with Crippen LogP contribution in [0.5, 0.6) is 46.0 Å². The van der Waals surface area contributed by atoms with Gasteiger partial charge in [0.1, 0.15) is 34.3 Å². The molecule has 4 aromatic carbocycles. The fourth-order valence-electron chi connectivity index (χ4n) is 4.95. The molecule has 1 aromatic heterocycles. The summed E-state index contributed by atoms with van der Waals surface area (Å²) in [5.74, 6) is -4.14. The van der Waals surface area contributed by atoms with Gasteiger partial charge in [-0.15, -0.1) is 0 Å². The van der Waals surface area contributed by atoms with E-state index >= 15 is 0 Å². The minimum absolute atomic E-state index is 0.0260. The topological polar surface area (TPSA) is 239 Å². The number of carbonyl (C=O) groups excluding carboxylic acids is 2. The Morgan fingerprint density at radius 2 is 1.48 bits per heavy atom. The second kappa shape index (κ2) is 14.9. The molecule has 1 heterocycles. The van der Waals surface area contributed by atoms with Crippen LogP contribution in [0.15, 0.2) is 88.1 Å². The molecule has 0 unspecified atom stereocenters. The largest absolute Gasteiger partial charge is 0.508 e. The van der Waals surface area contributed by atoms with Gasteiger partial charge in [-0.2, -0.15) is 0 Å². The molecule has 0 fully saturated rings. The summed E-state index contributed by atoms with van der Waals surface area (Å²) in [4.78, 5) is 39.5. The Labute approximate surface area is 283 Å². The number of nitrogens with one attached hydrogen (secondary N) is 2. The molecule has 0 spiro atoms. The van der Waals surface area contributed by atoms with Crippen LogP contribution in [0.25, 0.3) is 28.4 Å². The number of hydrogen-bond donors (Lipinski definition) is 9. The Morgan fingerprint density at radius 1 is 0.780 bits per heavy atom. The van der Waals surface area contributed by atoms with Crippen LogP contribution in [0.2, 0.25) is 0 Å². The number of ether oxygens (including phenoxy) is 1.